The summed E-state index contributed by atoms with van der Waals surface area (Å²) in [5, 5.41) is 0.693. The third-order valence-corrected chi connectivity index (χ3v) is 10.3. The summed E-state index contributed by atoms with van der Waals surface area (Å²) < 4.78 is 34.9. The Balaban J connectivity index is 1.50. The maximum Gasteiger partial charge on any atom is 0.243 e. The van der Waals surface area contributed by atoms with E-state index in [-0.39, 0.29) is 16.7 Å². The highest BCUT2D eigenvalue weighted by atomic mass is 79.9. The lowest BCUT2D eigenvalue weighted by molar-refractivity contribution is -0.123. The van der Waals surface area contributed by atoms with Crippen LogP contribution in [0.1, 0.15) is 26.7 Å². The molecule has 11 heteroatoms. The summed E-state index contributed by atoms with van der Waals surface area (Å²) in [4.78, 5) is 22.9. The Morgan fingerprint density at radius 3 is 2.41 bits per heavy atom. The predicted molar refractivity (Wildman–Crippen MR) is 152 cm³/mol. The zero-order valence-corrected chi connectivity index (χ0v) is 24.6. The van der Waals surface area contributed by atoms with E-state index in [0.29, 0.717) is 43.4 Å². The van der Waals surface area contributed by atoms with Gasteiger partial charge in [-0.2, -0.15) is 4.31 Å². The third-order valence-electron chi connectivity index (χ3n) is 6.87. The summed E-state index contributed by atoms with van der Waals surface area (Å²) in [6.45, 7) is 7.96. The SMILES string of the molecule is CCN(CC)CCN(C(=O)C1CCN(S(=O)(=O)c2ccc(OC)cc2)CC1)c1nc2ccc(Br)cc2s1. The predicted octanol–water partition coefficient (Wildman–Crippen LogP) is 4.84. The van der Waals surface area contributed by atoms with Crippen LogP contribution in [0.25, 0.3) is 10.2 Å². The van der Waals surface area contributed by atoms with Crippen LogP contribution in [-0.2, 0) is 14.8 Å². The molecule has 0 saturated carbocycles. The molecule has 0 aliphatic carbocycles. The summed E-state index contributed by atoms with van der Waals surface area (Å²) in [7, 11) is -2.08. The van der Waals surface area contributed by atoms with Crippen molar-refractivity contribution in [2.45, 2.75) is 31.6 Å². The van der Waals surface area contributed by atoms with Crippen LogP contribution in [0, 0.1) is 5.92 Å². The van der Waals surface area contributed by atoms with Gasteiger partial charge in [0.1, 0.15) is 5.75 Å². The van der Waals surface area contributed by atoms with Crippen LogP contribution in [0.5, 0.6) is 5.75 Å². The molecule has 0 bridgehead atoms. The van der Waals surface area contributed by atoms with E-state index in [1.807, 2.05) is 23.1 Å². The van der Waals surface area contributed by atoms with Gasteiger partial charge in [-0.1, -0.05) is 41.1 Å². The number of piperidine rings is 1. The number of sulfonamides is 1. The van der Waals surface area contributed by atoms with E-state index in [1.54, 1.807) is 31.4 Å². The summed E-state index contributed by atoms with van der Waals surface area (Å²) in [6.07, 6.45) is 0.957. The second-order valence-electron chi connectivity index (χ2n) is 8.98. The van der Waals surface area contributed by atoms with Crippen molar-refractivity contribution < 1.29 is 17.9 Å². The standard InChI is InChI=1S/C26H33BrN4O4S2/c1-4-29(5-2)16-17-31(26-28-23-11-6-20(27)18-24(23)36-26)25(32)19-12-14-30(15-13-19)37(33,34)22-9-7-21(35-3)8-10-22/h6-11,18-19H,4-5,12-17H2,1-3H3. The highest BCUT2D eigenvalue weighted by molar-refractivity contribution is 9.10. The number of likely N-dealkylation sites (N-methyl/N-ethyl adjacent to an activating group) is 1. The number of anilines is 1. The number of benzene rings is 2. The van der Waals surface area contributed by atoms with Crippen LogP contribution in [0.2, 0.25) is 0 Å². The minimum absolute atomic E-state index is 0.0202. The zero-order chi connectivity index (χ0) is 26.6. The van der Waals surface area contributed by atoms with Gasteiger partial charge in [-0.05, 0) is 68.4 Å². The number of fused-ring (bicyclic) bond motifs is 1. The minimum Gasteiger partial charge on any atom is -0.497 e. The van der Waals surface area contributed by atoms with Crippen molar-refractivity contribution in [3.63, 3.8) is 0 Å². The van der Waals surface area contributed by atoms with Gasteiger partial charge in [0.2, 0.25) is 15.9 Å². The Morgan fingerprint density at radius 2 is 1.78 bits per heavy atom. The van der Waals surface area contributed by atoms with E-state index < -0.39 is 10.0 Å². The molecular formula is C26H33BrN4O4S2. The van der Waals surface area contributed by atoms with Crippen LogP contribution >= 0.6 is 27.3 Å². The maximum atomic E-state index is 13.8. The van der Waals surface area contributed by atoms with Gasteiger partial charge in [-0.25, -0.2) is 13.4 Å². The topological polar surface area (TPSA) is 83.0 Å². The Bertz CT molecular complexity index is 1320. The van der Waals surface area contributed by atoms with Gasteiger partial charge in [0.15, 0.2) is 5.13 Å². The maximum absolute atomic E-state index is 13.8. The quantitative estimate of drug-likeness (QED) is 0.327. The molecule has 0 unspecified atom stereocenters. The van der Waals surface area contributed by atoms with Gasteiger partial charge in [-0.15, -0.1) is 0 Å². The molecule has 2 aromatic carbocycles. The van der Waals surface area contributed by atoms with Crippen molar-refractivity contribution in [1.29, 1.82) is 0 Å². The van der Waals surface area contributed by atoms with Gasteiger partial charge in [0.25, 0.3) is 0 Å². The number of amides is 1. The number of hydrogen-bond acceptors (Lipinski definition) is 7. The van der Waals surface area contributed by atoms with Crippen molar-refractivity contribution >= 4 is 58.5 Å². The third kappa shape index (κ3) is 6.34. The Hall–Kier alpha value is -2.05. The molecule has 0 radical (unpaired) electrons. The van der Waals surface area contributed by atoms with Crippen LogP contribution < -0.4 is 9.64 Å². The second-order valence-corrected chi connectivity index (χ2v) is 12.8. The van der Waals surface area contributed by atoms with Gasteiger partial charge in [0.05, 0.1) is 22.2 Å². The first-order valence-corrected chi connectivity index (χ1v) is 15.6. The highest BCUT2D eigenvalue weighted by Gasteiger charge is 2.35. The zero-order valence-electron chi connectivity index (χ0n) is 21.4. The molecule has 37 heavy (non-hydrogen) atoms. The van der Waals surface area contributed by atoms with Crippen molar-refractivity contribution in [1.82, 2.24) is 14.2 Å². The number of carbonyl (C=O) groups excluding carboxylic acids is 1. The molecule has 0 atom stereocenters. The van der Waals surface area contributed by atoms with Crippen LogP contribution in [0.3, 0.4) is 0 Å². The summed E-state index contributed by atoms with van der Waals surface area (Å²) in [5.41, 5.74) is 0.865. The normalized spacial score (nSPS) is 15.4. The number of halogens is 1. The second kappa shape index (κ2) is 12.2. The molecule has 1 amide bonds. The first-order valence-electron chi connectivity index (χ1n) is 12.5. The summed E-state index contributed by atoms with van der Waals surface area (Å²) in [6, 6.07) is 12.3. The Morgan fingerprint density at radius 1 is 1.11 bits per heavy atom. The van der Waals surface area contributed by atoms with E-state index >= 15 is 0 Å². The van der Waals surface area contributed by atoms with Gasteiger partial charge >= 0.3 is 0 Å². The fourth-order valence-electron chi connectivity index (χ4n) is 4.54. The molecule has 1 saturated heterocycles. The number of rotatable bonds is 10. The number of ether oxygens (including phenoxy) is 1. The molecule has 0 N–H and O–H groups in total. The van der Waals surface area contributed by atoms with Crippen LogP contribution in [0.15, 0.2) is 51.8 Å². The van der Waals surface area contributed by atoms with Crippen molar-refractivity contribution in [3.8, 4) is 5.75 Å². The van der Waals surface area contributed by atoms with E-state index in [9.17, 15) is 13.2 Å². The molecule has 1 aliphatic heterocycles. The summed E-state index contributed by atoms with van der Waals surface area (Å²) >= 11 is 5.03. The molecular weight excluding hydrogens is 576 g/mol. The number of hydrogen-bond donors (Lipinski definition) is 0. The van der Waals surface area contributed by atoms with E-state index in [2.05, 4.69) is 34.7 Å². The van der Waals surface area contributed by atoms with Crippen molar-refractivity contribution in [2.24, 2.45) is 5.92 Å². The molecule has 8 nitrogen and oxygen atoms in total. The lowest BCUT2D eigenvalue weighted by Crippen LogP contribution is -2.46. The first-order chi connectivity index (χ1) is 17.8. The van der Waals surface area contributed by atoms with Crippen molar-refractivity contribution in [2.75, 3.05) is 51.3 Å². The Labute approximate surface area is 231 Å². The summed E-state index contributed by atoms with van der Waals surface area (Å²) in [5.74, 6) is 0.375. The smallest absolute Gasteiger partial charge is 0.243 e. The van der Waals surface area contributed by atoms with Gasteiger partial charge < -0.3 is 9.64 Å². The number of carbonyl (C=O) groups is 1. The number of thiazole rings is 1. The first kappa shape index (κ1) is 28.0. The average Bonchev–Trinajstić information content (AvgIpc) is 3.33. The molecule has 4 rings (SSSR count). The molecule has 1 aliphatic rings. The van der Waals surface area contributed by atoms with Gasteiger partial charge in [0, 0.05) is 36.6 Å². The van der Waals surface area contributed by atoms with Gasteiger partial charge in [-0.3, -0.25) is 9.69 Å². The molecule has 2 heterocycles. The fraction of sp³-hybridized carbons (Fsp3) is 0.462. The molecule has 0 spiro atoms. The number of nitrogens with zero attached hydrogens (tertiary/aromatic N) is 4. The molecule has 1 fully saturated rings. The van der Waals surface area contributed by atoms with Crippen LogP contribution in [0.4, 0.5) is 5.13 Å². The van der Waals surface area contributed by atoms with E-state index in [0.717, 1.165) is 34.3 Å². The number of methoxy groups -OCH3 is 1. The van der Waals surface area contributed by atoms with Crippen molar-refractivity contribution in [3.05, 3.63) is 46.9 Å². The molecule has 200 valence electrons. The Kier molecular flexibility index (Phi) is 9.23. The average molecular weight is 610 g/mol. The highest BCUT2D eigenvalue weighted by Crippen LogP contribution is 2.33. The van der Waals surface area contributed by atoms with E-state index in [1.165, 1.54) is 15.6 Å². The molecule has 3 aromatic rings. The lowest BCUT2D eigenvalue weighted by Gasteiger charge is -2.33. The lowest BCUT2D eigenvalue weighted by atomic mass is 9.96. The minimum atomic E-state index is -3.63. The van der Waals surface area contributed by atoms with Crippen LogP contribution in [-0.4, -0.2) is 74.9 Å². The van der Waals surface area contributed by atoms with E-state index in [4.69, 9.17) is 9.72 Å². The fourth-order valence-corrected chi connectivity index (χ4v) is 7.56. The number of aromatic nitrogens is 1. The molecule has 1 aromatic heterocycles. The largest absolute Gasteiger partial charge is 0.497 e. The monoisotopic (exact) mass is 608 g/mol.